The summed E-state index contributed by atoms with van der Waals surface area (Å²) < 4.78 is 0. The third-order valence-corrected chi connectivity index (χ3v) is 2.63. The molecule has 0 fully saturated rings. The van der Waals surface area contributed by atoms with E-state index in [9.17, 15) is 0 Å². The largest absolute Gasteiger partial charge is 0.225 e. The van der Waals surface area contributed by atoms with E-state index >= 15 is 0 Å². The van der Waals surface area contributed by atoms with Crippen molar-refractivity contribution in [3.8, 4) is 0 Å². The van der Waals surface area contributed by atoms with Crippen LogP contribution in [0.2, 0.25) is 0 Å². The van der Waals surface area contributed by atoms with Crippen LogP contribution in [0.25, 0.3) is 0 Å². The molecule has 66 valence electrons. The van der Waals surface area contributed by atoms with Crippen molar-refractivity contribution in [2.24, 2.45) is 0 Å². The number of aromatic nitrogens is 3. The minimum absolute atomic E-state index is 0.612. The zero-order valence-electron chi connectivity index (χ0n) is 7.04. The molecule has 12 heavy (non-hydrogen) atoms. The second kappa shape index (κ2) is 4.62. The van der Waals surface area contributed by atoms with Crippen LogP contribution in [0, 0.1) is 13.8 Å². The summed E-state index contributed by atoms with van der Waals surface area (Å²) in [5, 5.41) is 8.58. The molecule has 0 saturated heterocycles. The fourth-order valence-corrected chi connectivity index (χ4v) is 1.42. The van der Waals surface area contributed by atoms with Crippen LogP contribution in [0.4, 0.5) is 0 Å². The maximum atomic E-state index is 5.53. The van der Waals surface area contributed by atoms with Crippen molar-refractivity contribution in [1.82, 2.24) is 15.2 Å². The molecule has 3 nitrogen and oxygen atoms in total. The van der Waals surface area contributed by atoms with Gasteiger partial charge in [0.1, 0.15) is 0 Å². The Morgan fingerprint density at radius 1 is 1.25 bits per heavy atom. The van der Waals surface area contributed by atoms with Crippen LogP contribution in [0.1, 0.15) is 11.4 Å². The lowest BCUT2D eigenvalue weighted by molar-refractivity contribution is 0.789. The quantitative estimate of drug-likeness (QED) is 0.555. The Hall–Kier alpha value is -0.350. The number of hydrogen-bond donors (Lipinski definition) is 0. The lowest BCUT2D eigenvalue weighted by Gasteiger charge is -1.99. The Balaban J connectivity index is 2.69. The normalized spacial score (nSPS) is 10.2. The van der Waals surface area contributed by atoms with Crippen molar-refractivity contribution in [1.29, 1.82) is 0 Å². The molecule has 1 heterocycles. The van der Waals surface area contributed by atoms with Crippen molar-refractivity contribution in [3.05, 3.63) is 11.4 Å². The fourth-order valence-electron chi connectivity index (χ4n) is 0.628. The summed E-state index contributed by atoms with van der Waals surface area (Å²) in [5.41, 5.74) is 1.81. The summed E-state index contributed by atoms with van der Waals surface area (Å²) in [7, 11) is 0. The van der Waals surface area contributed by atoms with E-state index in [1.165, 1.54) is 11.8 Å². The SMILES string of the molecule is Cc1nnc(SCCCl)nc1C. The molecule has 0 saturated carbocycles. The molecule has 0 aliphatic rings. The Bertz CT molecular complexity index is 267. The van der Waals surface area contributed by atoms with E-state index in [1.807, 2.05) is 13.8 Å². The highest BCUT2D eigenvalue weighted by Gasteiger charge is 2.00. The van der Waals surface area contributed by atoms with Gasteiger partial charge in [-0.3, -0.25) is 0 Å². The topological polar surface area (TPSA) is 38.7 Å². The van der Waals surface area contributed by atoms with Crippen LogP contribution in [0.5, 0.6) is 0 Å². The van der Waals surface area contributed by atoms with Crippen molar-refractivity contribution < 1.29 is 0 Å². The van der Waals surface area contributed by atoms with Crippen molar-refractivity contribution in [2.75, 3.05) is 11.6 Å². The molecule has 0 radical (unpaired) electrons. The first-order valence-corrected chi connectivity index (χ1v) is 5.12. The highest BCUT2D eigenvalue weighted by molar-refractivity contribution is 7.99. The number of alkyl halides is 1. The van der Waals surface area contributed by atoms with Crippen LogP contribution in [-0.4, -0.2) is 26.8 Å². The predicted molar refractivity (Wildman–Crippen MR) is 50.7 cm³/mol. The lowest BCUT2D eigenvalue weighted by atomic mass is 10.4. The van der Waals surface area contributed by atoms with Crippen LogP contribution >= 0.6 is 23.4 Å². The Labute approximate surface area is 80.9 Å². The van der Waals surface area contributed by atoms with Gasteiger partial charge in [0.25, 0.3) is 0 Å². The van der Waals surface area contributed by atoms with E-state index in [-0.39, 0.29) is 0 Å². The zero-order chi connectivity index (χ0) is 8.97. The van der Waals surface area contributed by atoms with E-state index in [0.29, 0.717) is 11.0 Å². The smallest absolute Gasteiger partial charge is 0.209 e. The van der Waals surface area contributed by atoms with Crippen LogP contribution in [-0.2, 0) is 0 Å². The van der Waals surface area contributed by atoms with Gasteiger partial charge >= 0.3 is 0 Å². The number of hydrogen-bond acceptors (Lipinski definition) is 4. The van der Waals surface area contributed by atoms with Crippen molar-refractivity contribution in [3.63, 3.8) is 0 Å². The Morgan fingerprint density at radius 2 is 2.00 bits per heavy atom. The van der Waals surface area contributed by atoms with Crippen LogP contribution in [0.3, 0.4) is 0 Å². The average molecular weight is 204 g/mol. The second-order valence-electron chi connectivity index (χ2n) is 2.30. The van der Waals surface area contributed by atoms with E-state index in [0.717, 1.165) is 17.1 Å². The van der Waals surface area contributed by atoms with E-state index in [4.69, 9.17) is 11.6 Å². The number of aryl methyl sites for hydroxylation is 2. The summed E-state index contributed by atoms with van der Waals surface area (Å²) in [6.45, 7) is 3.82. The summed E-state index contributed by atoms with van der Waals surface area (Å²) >= 11 is 7.05. The van der Waals surface area contributed by atoms with Crippen LogP contribution < -0.4 is 0 Å². The molecule has 0 aliphatic heterocycles. The third kappa shape index (κ3) is 2.60. The Morgan fingerprint density at radius 3 is 2.58 bits per heavy atom. The van der Waals surface area contributed by atoms with E-state index in [2.05, 4.69) is 15.2 Å². The predicted octanol–water partition coefficient (Wildman–Crippen LogP) is 1.82. The molecule has 0 aromatic carbocycles. The number of nitrogens with zero attached hydrogens (tertiary/aromatic N) is 3. The molecule has 0 atom stereocenters. The average Bonchev–Trinajstić information content (AvgIpc) is 2.07. The second-order valence-corrected chi connectivity index (χ2v) is 3.74. The monoisotopic (exact) mass is 203 g/mol. The van der Waals surface area contributed by atoms with Gasteiger partial charge in [0, 0.05) is 11.6 Å². The first kappa shape index (κ1) is 9.74. The van der Waals surface area contributed by atoms with Gasteiger partial charge in [-0.2, -0.15) is 5.10 Å². The first-order valence-electron chi connectivity index (χ1n) is 3.60. The van der Waals surface area contributed by atoms with Crippen molar-refractivity contribution >= 4 is 23.4 Å². The molecule has 0 spiro atoms. The minimum Gasteiger partial charge on any atom is -0.225 e. The highest BCUT2D eigenvalue weighted by Crippen LogP contribution is 2.12. The summed E-state index contributed by atoms with van der Waals surface area (Å²) in [6.07, 6.45) is 0. The van der Waals surface area contributed by atoms with Gasteiger partial charge < -0.3 is 0 Å². The third-order valence-electron chi connectivity index (χ3n) is 1.38. The van der Waals surface area contributed by atoms with Gasteiger partial charge in [0.2, 0.25) is 5.16 Å². The standard InChI is InChI=1S/C7H10ClN3S/c1-5-6(2)10-11-7(9-5)12-4-3-8/h3-4H2,1-2H3. The molecule has 0 amide bonds. The molecule has 0 bridgehead atoms. The van der Waals surface area contributed by atoms with Crippen molar-refractivity contribution in [2.45, 2.75) is 19.0 Å². The minimum atomic E-state index is 0.612. The number of rotatable bonds is 3. The molecule has 0 N–H and O–H groups in total. The number of halogens is 1. The van der Waals surface area contributed by atoms with Gasteiger partial charge in [0.15, 0.2) is 0 Å². The highest BCUT2D eigenvalue weighted by atomic mass is 35.5. The Kier molecular flexibility index (Phi) is 3.75. The molecule has 0 unspecified atom stereocenters. The number of thioether (sulfide) groups is 1. The maximum absolute atomic E-state index is 5.53. The first-order chi connectivity index (χ1) is 5.74. The molecule has 0 aliphatic carbocycles. The summed E-state index contributed by atoms with van der Waals surface area (Å²) in [5.74, 6) is 1.44. The molecular weight excluding hydrogens is 194 g/mol. The lowest BCUT2D eigenvalue weighted by Crippen LogP contribution is -1.98. The molecule has 1 rings (SSSR count). The van der Waals surface area contributed by atoms with Gasteiger partial charge in [-0.1, -0.05) is 11.8 Å². The maximum Gasteiger partial charge on any atom is 0.209 e. The zero-order valence-corrected chi connectivity index (χ0v) is 8.61. The molecule has 5 heteroatoms. The summed E-state index contributed by atoms with van der Waals surface area (Å²) in [6, 6.07) is 0. The summed E-state index contributed by atoms with van der Waals surface area (Å²) in [4.78, 5) is 4.24. The van der Waals surface area contributed by atoms with Gasteiger partial charge in [0.05, 0.1) is 11.4 Å². The molecular formula is C7H10ClN3S. The molecule has 1 aromatic heterocycles. The van der Waals surface area contributed by atoms with Gasteiger partial charge in [-0.05, 0) is 13.8 Å². The van der Waals surface area contributed by atoms with E-state index < -0.39 is 0 Å². The molecule has 1 aromatic rings. The van der Waals surface area contributed by atoms with Gasteiger partial charge in [-0.15, -0.1) is 16.7 Å². The van der Waals surface area contributed by atoms with Gasteiger partial charge in [-0.25, -0.2) is 4.98 Å². The van der Waals surface area contributed by atoms with Crippen LogP contribution in [0.15, 0.2) is 5.16 Å². The van der Waals surface area contributed by atoms with E-state index in [1.54, 1.807) is 0 Å². The fraction of sp³-hybridized carbons (Fsp3) is 0.571.